The van der Waals surface area contributed by atoms with Crippen molar-refractivity contribution in [2.24, 2.45) is 5.10 Å². The number of carbonyl (C=O) groups is 1. The molecular weight excluding hydrogens is 366 g/mol. The maximum absolute atomic E-state index is 12.6. The van der Waals surface area contributed by atoms with E-state index < -0.39 is 15.9 Å². The molecule has 1 saturated heterocycles. The number of sulfonamides is 1. The second-order valence-corrected chi connectivity index (χ2v) is 8.05. The van der Waals surface area contributed by atoms with Gasteiger partial charge in [-0.05, 0) is 60.9 Å². The number of hydrazone groups is 1. The molecule has 7 nitrogen and oxygen atoms in total. The predicted molar refractivity (Wildman–Crippen MR) is 102 cm³/mol. The van der Waals surface area contributed by atoms with Crippen molar-refractivity contribution >= 4 is 22.1 Å². The number of carbonyl (C=O) groups excluding carboxylic acids is 1. The first-order valence-corrected chi connectivity index (χ1v) is 10.0. The van der Waals surface area contributed by atoms with Gasteiger partial charge in [-0.1, -0.05) is 6.07 Å². The third-order valence-corrected chi connectivity index (χ3v) is 6.19. The van der Waals surface area contributed by atoms with Crippen LogP contribution >= 0.6 is 0 Å². The number of rotatable bonds is 6. The highest BCUT2D eigenvalue weighted by Gasteiger charge is 2.27. The van der Waals surface area contributed by atoms with E-state index in [1.165, 1.54) is 22.7 Å². The zero-order valence-corrected chi connectivity index (χ0v) is 15.8. The number of ether oxygens (including phenoxy) is 1. The minimum Gasteiger partial charge on any atom is -0.497 e. The van der Waals surface area contributed by atoms with Crippen LogP contribution in [0.5, 0.6) is 5.75 Å². The van der Waals surface area contributed by atoms with Gasteiger partial charge >= 0.3 is 0 Å². The first-order valence-electron chi connectivity index (χ1n) is 8.58. The van der Waals surface area contributed by atoms with Crippen LogP contribution in [-0.4, -0.2) is 45.0 Å². The van der Waals surface area contributed by atoms with Crippen LogP contribution in [0.2, 0.25) is 0 Å². The molecule has 0 spiro atoms. The van der Waals surface area contributed by atoms with Crippen molar-refractivity contribution in [3.05, 3.63) is 59.7 Å². The number of benzene rings is 2. The van der Waals surface area contributed by atoms with Crippen LogP contribution in [0.3, 0.4) is 0 Å². The summed E-state index contributed by atoms with van der Waals surface area (Å²) in [6.07, 6.45) is 3.22. The van der Waals surface area contributed by atoms with Crippen LogP contribution in [0, 0.1) is 0 Å². The molecule has 8 heteroatoms. The Kier molecular flexibility index (Phi) is 5.88. The lowest BCUT2D eigenvalue weighted by molar-refractivity contribution is 0.0955. The van der Waals surface area contributed by atoms with Crippen molar-refractivity contribution in [3.8, 4) is 5.75 Å². The highest BCUT2D eigenvalue weighted by atomic mass is 32.2. The van der Waals surface area contributed by atoms with Crippen LogP contribution in [0.4, 0.5) is 0 Å². The summed E-state index contributed by atoms with van der Waals surface area (Å²) in [5.41, 5.74) is 3.45. The molecule has 3 rings (SSSR count). The monoisotopic (exact) mass is 387 g/mol. The van der Waals surface area contributed by atoms with Crippen molar-refractivity contribution in [3.63, 3.8) is 0 Å². The SMILES string of the molecule is COc1ccc(/C=N/NC(=O)c2cccc(S(=O)(=O)N3CCCC3)c2)cc1. The molecular formula is C19H21N3O4S. The van der Waals surface area contributed by atoms with E-state index in [-0.39, 0.29) is 10.5 Å². The number of hydrogen-bond donors (Lipinski definition) is 1. The van der Waals surface area contributed by atoms with Crippen molar-refractivity contribution in [1.29, 1.82) is 0 Å². The third kappa shape index (κ3) is 4.53. The minimum absolute atomic E-state index is 0.121. The molecule has 1 aliphatic rings. The summed E-state index contributed by atoms with van der Waals surface area (Å²) in [5, 5.41) is 3.92. The van der Waals surface area contributed by atoms with Crippen LogP contribution in [0.15, 0.2) is 58.5 Å². The molecule has 0 radical (unpaired) electrons. The number of nitrogens with zero attached hydrogens (tertiary/aromatic N) is 2. The van der Waals surface area contributed by atoms with E-state index in [0.717, 1.165) is 24.2 Å². The lowest BCUT2D eigenvalue weighted by Crippen LogP contribution is -2.28. The molecule has 0 unspecified atom stereocenters. The van der Waals surface area contributed by atoms with E-state index >= 15 is 0 Å². The fourth-order valence-electron chi connectivity index (χ4n) is 2.80. The second kappa shape index (κ2) is 8.32. The number of hydrogen-bond acceptors (Lipinski definition) is 5. The summed E-state index contributed by atoms with van der Waals surface area (Å²) in [6.45, 7) is 1.04. The topological polar surface area (TPSA) is 88.1 Å². The standard InChI is InChI=1S/C19H21N3O4S/c1-26-17-9-7-15(8-10-17)14-20-21-19(23)16-5-4-6-18(13-16)27(24,25)22-11-2-3-12-22/h4-10,13-14H,2-3,11-12H2,1H3,(H,21,23)/b20-14+. The Bertz CT molecular complexity index is 934. The predicted octanol–water partition coefficient (Wildman–Crippen LogP) is 2.24. The van der Waals surface area contributed by atoms with Crippen LogP contribution in [0.25, 0.3) is 0 Å². The van der Waals surface area contributed by atoms with E-state index in [0.29, 0.717) is 13.1 Å². The summed E-state index contributed by atoms with van der Waals surface area (Å²) < 4.78 is 31.8. The third-order valence-electron chi connectivity index (χ3n) is 4.29. The van der Waals surface area contributed by atoms with Crippen LogP contribution in [-0.2, 0) is 10.0 Å². The molecule has 2 aromatic carbocycles. The van der Waals surface area contributed by atoms with Crippen LogP contribution in [0.1, 0.15) is 28.8 Å². The van der Waals surface area contributed by atoms with E-state index in [4.69, 9.17) is 4.74 Å². The average molecular weight is 387 g/mol. The Morgan fingerprint density at radius 1 is 1.15 bits per heavy atom. The Morgan fingerprint density at radius 2 is 1.85 bits per heavy atom. The lowest BCUT2D eigenvalue weighted by atomic mass is 10.2. The summed E-state index contributed by atoms with van der Waals surface area (Å²) in [6, 6.07) is 13.2. The second-order valence-electron chi connectivity index (χ2n) is 6.11. The van der Waals surface area contributed by atoms with Gasteiger partial charge < -0.3 is 4.74 Å². The van der Waals surface area contributed by atoms with E-state index in [1.54, 1.807) is 43.5 Å². The molecule has 0 aliphatic carbocycles. The van der Waals surface area contributed by atoms with Gasteiger partial charge in [-0.15, -0.1) is 0 Å². The van der Waals surface area contributed by atoms with Gasteiger partial charge in [0, 0.05) is 18.7 Å². The first kappa shape index (κ1) is 19.1. The van der Waals surface area contributed by atoms with Gasteiger partial charge in [0.25, 0.3) is 5.91 Å². The number of methoxy groups -OCH3 is 1. The number of nitrogens with one attached hydrogen (secondary N) is 1. The van der Waals surface area contributed by atoms with Crippen LogP contribution < -0.4 is 10.2 Å². The summed E-state index contributed by atoms with van der Waals surface area (Å²) in [4.78, 5) is 12.4. The Hall–Kier alpha value is -2.71. The molecule has 0 aromatic heterocycles. The van der Waals surface area contributed by atoms with Gasteiger partial charge in [-0.25, -0.2) is 13.8 Å². The molecule has 1 aliphatic heterocycles. The van der Waals surface area contributed by atoms with Gasteiger partial charge in [0.15, 0.2) is 0 Å². The number of amides is 1. The molecule has 1 N–H and O–H groups in total. The molecule has 27 heavy (non-hydrogen) atoms. The minimum atomic E-state index is -3.56. The van der Waals surface area contributed by atoms with E-state index in [9.17, 15) is 13.2 Å². The molecule has 1 amide bonds. The Labute approximate surface area is 158 Å². The maximum Gasteiger partial charge on any atom is 0.271 e. The fourth-order valence-corrected chi connectivity index (χ4v) is 4.36. The van der Waals surface area contributed by atoms with Crippen molar-refractivity contribution < 1.29 is 17.9 Å². The average Bonchev–Trinajstić information content (AvgIpc) is 3.24. The van der Waals surface area contributed by atoms with Gasteiger partial charge in [-0.3, -0.25) is 4.79 Å². The normalized spacial score (nSPS) is 15.1. The van der Waals surface area contributed by atoms with Gasteiger partial charge in [0.2, 0.25) is 10.0 Å². The maximum atomic E-state index is 12.6. The molecule has 0 atom stereocenters. The van der Waals surface area contributed by atoms with Gasteiger partial charge in [-0.2, -0.15) is 9.41 Å². The molecule has 1 fully saturated rings. The molecule has 0 bridgehead atoms. The Morgan fingerprint density at radius 3 is 2.52 bits per heavy atom. The van der Waals surface area contributed by atoms with Crippen molar-refractivity contribution in [1.82, 2.24) is 9.73 Å². The summed E-state index contributed by atoms with van der Waals surface area (Å²) >= 11 is 0. The highest BCUT2D eigenvalue weighted by molar-refractivity contribution is 7.89. The van der Waals surface area contributed by atoms with Crippen molar-refractivity contribution in [2.75, 3.05) is 20.2 Å². The Balaban J connectivity index is 1.68. The van der Waals surface area contributed by atoms with Gasteiger partial charge in [0.1, 0.15) is 5.75 Å². The lowest BCUT2D eigenvalue weighted by Gasteiger charge is -2.15. The molecule has 1 heterocycles. The summed E-state index contributed by atoms with van der Waals surface area (Å²) in [5.74, 6) is 0.255. The van der Waals surface area contributed by atoms with E-state index in [1.807, 2.05) is 0 Å². The fraction of sp³-hybridized carbons (Fsp3) is 0.263. The van der Waals surface area contributed by atoms with Crippen molar-refractivity contribution in [2.45, 2.75) is 17.7 Å². The quantitative estimate of drug-likeness (QED) is 0.608. The highest BCUT2D eigenvalue weighted by Crippen LogP contribution is 2.21. The zero-order chi connectivity index (χ0) is 19.3. The molecule has 2 aromatic rings. The largest absolute Gasteiger partial charge is 0.497 e. The zero-order valence-electron chi connectivity index (χ0n) is 15.0. The smallest absolute Gasteiger partial charge is 0.271 e. The first-order chi connectivity index (χ1) is 13.0. The molecule has 142 valence electrons. The molecule has 0 saturated carbocycles. The van der Waals surface area contributed by atoms with E-state index in [2.05, 4.69) is 10.5 Å². The van der Waals surface area contributed by atoms with Gasteiger partial charge in [0.05, 0.1) is 18.2 Å². The summed E-state index contributed by atoms with van der Waals surface area (Å²) in [7, 11) is -1.98.